The summed E-state index contributed by atoms with van der Waals surface area (Å²) < 4.78 is 0. The highest BCUT2D eigenvalue weighted by Crippen LogP contribution is 2.14. The standard InChI is InChI=1S/C14H19ClN2O3/c15-12-7-3-2-6-11(12)14(20)17-10-13(19)16-8-4-1-5-9-18/h2-3,6-7,18H,1,4-5,8-10H2,(H,16,19)(H,17,20). The first kappa shape index (κ1) is 16.5. The van der Waals surface area contributed by atoms with E-state index in [0.29, 0.717) is 17.1 Å². The second kappa shape index (κ2) is 9.34. The molecular weight excluding hydrogens is 280 g/mol. The van der Waals surface area contributed by atoms with E-state index in [0.717, 1.165) is 19.3 Å². The number of carbonyl (C=O) groups excluding carboxylic acids is 2. The van der Waals surface area contributed by atoms with Crippen LogP contribution in [-0.2, 0) is 4.79 Å². The van der Waals surface area contributed by atoms with Crippen LogP contribution in [0.15, 0.2) is 24.3 Å². The Hall–Kier alpha value is -1.59. The van der Waals surface area contributed by atoms with E-state index in [4.69, 9.17) is 16.7 Å². The second-order valence-electron chi connectivity index (χ2n) is 4.30. The zero-order valence-corrected chi connectivity index (χ0v) is 11.9. The summed E-state index contributed by atoms with van der Waals surface area (Å²) in [5, 5.41) is 14.2. The van der Waals surface area contributed by atoms with Crippen molar-refractivity contribution >= 4 is 23.4 Å². The molecule has 0 bridgehead atoms. The molecule has 1 rings (SSSR count). The Morgan fingerprint density at radius 2 is 1.85 bits per heavy atom. The van der Waals surface area contributed by atoms with Gasteiger partial charge in [0.25, 0.3) is 5.91 Å². The molecule has 0 aromatic heterocycles. The minimum atomic E-state index is -0.369. The maximum absolute atomic E-state index is 11.8. The highest BCUT2D eigenvalue weighted by atomic mass is 35.5. The maximum Gasteiger partial charge on any atom is 0.253 e. The van der Waals surface area contributed by atoms with Crippen LogP contribution < -0.4 is 10.6 Å². The maximum atomic E-state index is 11.8. The summed E-state index contributed by atoms with van der Waals surface area (Å²) in [5.41, 5.74) is 0.352. The zero-order valence-electron chi connectivity index (χ0n) is 11.2. The van der Waals surface area contributed by atoms with Gasteiger partial charge in [0.1, 0.15) is 0 Å². The van der Waals surface area contributed by atoms with E-state index in [-0.39, 0.29) is 25.0 Å². The fraction of sp³-hybridized carbons (Fsp3) is 0.429. The molecule has 5 nitrogen and oxygen atoms in total. The van der Waals surface area contributed by atoms with E-state index in [1.54, 1.807) is 24.3 Å². The molecule has 0 aliphatic heterocycles. The summed E-state index contributed by atoms with van der Waals surface area (Å²) in [6, 6.07) is 6.67. The topological polar surface area (TPSA) is 78.4 Å². The van der Waals surface area contributed by atoms with Crippen LogP contribution >= 0.6 is 11.6 Å². The lowest BCUT2D eigenvalue weighted by molar-refractivity contribution is -0.120. The quantitative estimate of drug-likeness (QED) is 0.634. The number of hydrogen-bond acceptors (Lipinski definition) is 3. The van der Waals surface area contributed by atoms with Crippen molar-refractivity contribution in [2.45, 2.75) is 19.3 Å². The molecule has 1 aromatic carbocycles. The van der Waals surface area contributed by atoms with E-state index in [1.165, 1.54) is 0 Å². The van der Waals surface area contributed by atoms with E-state index in [1.807, 2.05) is 0 Å². The minimum absolute atomic E-state index is 0.0793. The predicted octanol–water partition coefficient (Wildman–Crippen LogP) is 1.35. The van der Waals surface area contributed by atoms with Crippen molar-refractivity contribution in [1.29, 1.82) is 0 Å². The highest BCUT2D eigenvalue weighted by Gasteiger charge is 2.10. The molecule has 0 fully saturated rings. The Morgan fingerprint density at radius 1 is 1.10 bits per heavy atom. The fourth-order valence-corrected chi connectivity index (χ4v) is 1.83. The monoisotopic (exact) mass is 298 g/mol. The van der Waals surface area contributed by atoms with Gasteiger partial charge in [-0.15, -0.1) is 0 Å². The largest absolute Gasteiger partial charge is 0.396 e. The molecule has 0 saturated heterocycles. The Bertz CT molecular complexity index is 452. The molecule has 0 atom stereocenters. The van der Waals surface area contributed by atoms with Crippen LogP contribution in [0.2, 0.25) is 5.02 Å². The molecule has 0 unspecified atom stereocenters. The molecule has 0 radical (unpaired) electrons. The SMILES string of the molecule is O=C(CNC(=O)c1ccccc1Cl)NCCCCCO. The van der Waals surface area contributed by atoms with Crippen LogP contribution in [0.25, 0.3) is 0 Å². The van der Waals surface area contributed by atoms with Crippen molar-refractivity contribution in [2.75, 3.05) is 19.7 Å². The number of halogens is 1. The first-order valence-electron chi connectivity index (χ1n) is 6.55. The van der Waals surface area contributed by atoms with Gasteiger partial charge in [-0.2, -0.15) is 0 Å². The molecule has 0 aliphatic rings. The third-order valence-electron chi connectivity index (χ3n) is 2.69. The van der Waals surface area contributed by atoms with Crippen LogP contribution in [0.3, 0.4) is 0 Å². The molecule has 3 N–H and O–H groups in total. The van der Waals surface area contributed by atoms with Gasteiger partial charge < -0.3 is 15.7 Å². The molecule has 1 aromatic rings. The summed E-state index contributed by atoms with van der Waals surface area (Å²) in [6.45, 7) is 0.632. The number of nitrogens with one attached hydrogen (secondary N) is 2. The summed E-state index contributed by atoms with van der Waals surface area (Å²) in [6.07, 6.45) is 2.41. The third kappa shape index (κ3) is 6.04. The van der Waals surface area contributed by atoms with Crippen molar-refractivity contribution in [3.8, 4) is 0 Å². The summed E-state index contributed by atoms with van der Waals surface area (Å²) in [4.78, 5) is 23.3. The van der Waals surface area contributed by atoms with Crippen LogP contribution in [0, 0.1) is 0 Å². The van der Waals surface area contributed by atoms with Gasteiger partial charge >= 0.3 is 0 Å². The van der Waals surface area contributed by atoms with E-state index in [2.05, 4.69) is 10.6 Å². The number of amides is 2. The Morgan fingerprint density at radius 3 is 2.55 bits per heavy atom. The first-order valence-corrected chi connectivity index (χ1v) is 6.93. The van der Waals surface area contributed by atoms with E-state index >= 15 is 0 Å². The predicted molar refractivity (Wildman–Crippen MR) is 77.7 cm³/mol. The lowest BCUT2D eigenvalue weighted by Gasteiger charge is -2.07. The first-order chi connectivity index (χ1) is 9.65. The lowest BCUT2D eigenvalue weighted by atomic mass is 10.2. The fourth-order valence-electron chi connectivity index (χ4n) is 1.61. The molecule has 6 heteroatoms. The van der Waals surface area contributed by atoms with Crippen molar-refractivity contribution in [3.05, 3.63) is 34.9 Å². The van der Waals surface area contributed by atoms with Gasteiger partial charge in [0, 0.05) is 13.2 Å². The number of carbonyl (C=O) groups is 2. The minimum Gasteiger partial charge on any atom is -0.396 e. The molecule has 0 heterocycles. The molecule has 0 aliphatic carbocycles. The van der Waals surface area contributed by atoms with Gasteiger partial charge in [0.2, 0.25) is 5.91 Å². The normalized spacial score (nSPS) is 10.1. The second-order valence-corrected chi connectivity index (χ2v) is 4.70. The highest BCUT2D eigenvalue weighted by molar-refractivity contribution is 6.33. The number of unbranched alkanes of at least 4 members (excludes halogenated alkanes) is 2. The van der Waals surface area contributed by atoms with Crippen LogP contribution in [0.4, 0.5) is 0 Å². The molecule has 110 valence electrons. The molecular formula is C14H19ClN2O3. The molecule has 20 heavy (non-hydrogen) atoms. The summed E-state index contributed by atoms with van der Waals surface area (Å²) in [5.74, 6) is -0.611. The average molecular weight is 299 g/mol. The number of aliphatic hydroxyl groups is 1. The van der Waals surface area contributed by atoms with E-state index < -0.39 is 0 Å². The Kier molecular flexibility index (Phi) is 7.69. The van der Waals surface area contributed by atoms with Crippen LogP contribution in [0.1, 0.15) is 29.6 Å². The van der Waals surface area contributed by atoms with Crippen molar-refractivity contribution in [1.82, 2.24) is 10.6 Å². The van der Waals surface area contributed by atoms with Crippen molar-refractivity contribution < 1.29 is 14.7 Å². The van der Waals surface area contributed by atoms with Gasteiger partial charge in [-0.25, -0.2) is 0 Å². The van der Waals surface area contributed by atoms with Gasteiger partial charge in [-0.1, -0.05) is 23.7 Å². The number of aliphatic hydroxyl groups excluding tert-OH is 1. The smallest absolute Gasteiger partial charge is 0.253 e. The van der Waals surface area contributed by atoms with Crippen molar-refractivity contribution in [2.24, 2.45) is 0 Å². The van der Waals surface area contributed by atoms with Crippen molar-refractivity contribution in [3.63, 3.8) is 0 Å². The summed E-state index contributed by atoms with van der Waals surface area (Å²) in [7, 11) is 0. The van der Waals surface area contributed by atoms with Crippen LogP contribution in [-0.4, -0.2) is 36.6 Å². The lowest BCUT2D eigenvalue weighted by Crippen LogP contribution is -2.37. The number of rotatable bonds is 8. The Balaban J connectivity index is 2.24. The molecule has 0 saturated carbocycles. The Labute approximate surface area is 123 Å². The zero-order chi connectivity index (χ0) is 14.8. The van der Waals surface area contributed by atoms with Crippen LogP contribution in [0.5, 0.6) is 0 Å². The third-order valence-corrected chi connectivity index (χ3v) is 3.01. The van der Waals surface area contributed by atoms with Gasteiger partial charge in [-0.05, 0) is 31.4 Å². The average Bonchev–Trinajstić information content (AvgIpc) is 2.45. The van der Waals surface area contributed by atoms with Gasteiger partial charge in [0.15, 0.2) is 0 Å². The van der Waals surface area contributed by atoms with Gasteiger partial charge in [0.05, 0.1) is 17.1 Å². The van der Waals surface area contributed by atoms with E-state index in [9.17, 15) is 9.59 Å². The number of hydrogen-bond donors (Lipinski definition) is 3. The van der Waals surface area contributed by atoms with Gasteiger partial charge in [-0.3, -0.25) is 9.59 Å². The number of benzene rings is 1. The summed E-state index contributed by atoms with van der Waals surface area (Å²) >= 11 is 5.88. The molecule has 2 amide bonds. The molecule has 0 spiro atoms.